The van der Waals surface area contributed by atoms with Crippen molar-refractivity contribution in [1.29, 1.82) is 0 Å². The highest BCUT2D eigenvalue weighted by Crippen LogP contribution is 2.33. The summed E-state index contributed by atoms with van der Waals surface area (Å²) in [6.45, 7) is 10.9. The van der Waals surface area contributed by atoms with E-state index < -0.39 is 0 Å². The highest BCUT2D eigenvalue weighted by Gasteiger charge is 2.19. The van der Waals surface area contributed by atoms with Crippen LogP contribution in [0.3, 0.4) is 0 Å². The van der Waals surface area contributed by atoms with Gasteiger partial charge in [-0.15, -0.1) is 0 Å². The van der Waals surface area contributed by atoms with Crippen LogP contribution >= 0.6 is 0 Å². The van der Waals surface area contributed by atoms with Crippen LogP contribution < -0.4 is 15.2 Å². The van der Waals surface area contributed by atoms with Crippen molar-refractivity contribution in [3.8, 4) is 11.5 Å². The number of ether oxygens (including phenoxy) is 2. The van der Waals surface area contributed by atoms with Crippen molar-refractivity contribution in [1.82, 2.24) is 9.66 Å². The molecule has 2 aromatic carbocycles. The molecule has 3 aromatic rings. The summed E-state index contributed by atoms with van der Waals surface area (Å²) in [7, 11) is 1.66. The zero-order chi connectivity index (χ0) is 21.9. The number of hydrogen-bond donors (Lipinski definition) is 1. The van der Waals surface area contributed by atoms with Gasteiger partial charge in [0.1, 0.15) is 18.1 Å². The smallest absolute Gasteiger partial charge is 0.221 e. The van der Waals surface area contributed by atoms with Crippen LogP contribution in [-0.2, 0) is 12.0 Å². The molecule has 0 unspecified atom stereocenters. The quantitative estimate of drug-likeness (QED) is 0.594. The van der Waals surface area contributed by atoms with Crippen LogP contribution in [0.15, 0.2) is 47.7 Å². The first-order valence-corrected chi connectivity index (χ1v) is 9.94. The minimum absolute atomic E-state index is 0.00944. The number of nitrogen functional groups attached to an aromatic ring is 1. The fraction of sp³-hybridized carbons (Fsp3) is 0.333. The van der Waals surface area contributed by atoms with Crippen molar-refractivity contribution in [3.63, 3.8) is 0 Å². The van der Waals surface area contributed by atoms with Crippen LogP contribution in [0.1, 0.15) is 48.7 Å². The van der Waals surface area contributed by atoms with Gasteiger partial charge < -0.3 is 15.2 Å². The number of nitrogens with two attached hydrogens (primary N) is 1. The molecule has 0 aliphatic rings. The van der Waals surface area contributed by atoms with Gasteiger partial charge in [0.2, 0.25) is 5.95 Å². The van der Waals surface area contributed by atoms with Crippen LogP contribution in [0.25, 0.3) is 0 Å². The second-order valence-electron chi connectivity index (χ2n) is 8.44. The highest BCUT2D eigenvalue weighted by molar-refractivity contribution is 5.80. The van der Waals surface area contributed by atoms with Gasteiger partial charge >= 0.3 is 0 Å². The predicted molar refractivity (Wildman–Crippen MR) is 122 cm³/mol. The Labute approximate surface area is 178 Å². The molecule has 3 rings (SSSR count). The van der Waals surface area contributed by atoms with Gasteiger partial charge in [-0.25, -0.2) is 9.66 Å². The third-order valence-corrected chi connectivity index (χ3v) is 4.80. The van der Waals surface area contributed by atoms with Gasteiger partial charge in [-0.2, -0.15) is 5.10 Å². The minimum atomic E-state index is -0.00944. The van der Waals surface area contributed by atoms with E-state index >= 15 is 0 Å². The van der Waals surface area contributed by atoms with Gasteiger partial charge in [-0.05, 0) is 60.2 Å². The molecule has 0 spiro atoms. The maximum Gasteiger partial charge on any atom is 0.221 e. The summed E-state index contributed by atoms with van der Waals surface area (Å²) < 4.78 is 13.3. The van der Waals surface area contributed by atoms with Crippen molar-refractivity contribution < 1.29 is 9.47 Å². The summed E-state index contributed by atoms with van der Waals surface area (Å²) in [5.41, 5.74) is 10.9. The predicted octanol–water partition coefficient (Wildman–Crippen LogP) is 4.85. The third-order valence-electron chi connectivity index (χ3n) is 4.80. The molecule has 0 fully saturated rings. The van der Waals surface area contributed by atoms with Gasteiger partial charge in [-0.3, -0.25) is 0 Å². The van der Waals surface area contributed by atoms with Crippen molar-refractivity contribution in [2.24, 2.45) is 5.10 Å². The average Bonchev–Trinajstić information content (AvgIpc) is 3.01. The normalized spacial score (nSPS) is 11.8. The molecule has 0 saturated heterocycles. The molecule has 0 amide bonds. The molecule has 0 atom stereocenters. The van der Waals surface area contributed by atoms with E-state index in [1.165, 1.54) is 11.1 Å². The van der Waals surface area contributed by atoms with E-state index in [0.717, 1.165) is 28.3 Å². The average molecular weight is 407 g/mol. The molecule has 6 heteroatoms. The van der Waals surface area contributed by atoms with Crippen LogP contribution in [0.5, 0.6) is 11.5 Å². The molecule has 158 valence electrons. The first-order chi connectivity index (χ1) is 14.2. The SMILES string of the molecule is COc1ccc(C=Nn2cc(C)nc2N)cc1COc1cc(C)ccc1C(C)(C)C. The molecule has 1 heterocycles. The molecular weight excluding hydrogens is 376 g/mol. The lowest BCUT2D eigenvalue weighted by Gasteiger charge is -2.23. The Bertz CT molecular complexity index is 1060. The van der Waals surface area contributed by atoms with Crippen LogP contribution in [0.2, 0.25) is 0 Å². The summed E-state index contributed by atoms with van der Waals surface area (Å²) in [6, 6.07) is 12.2. The minimum Gasteiger partial charge on any atom is -0.496 e. The summed E-state index contributed by atoms with van der Waals surface area (Å²) >= 11 is 0. The zero-order valence-corrected chi connectivity index (χ0v) is 18.6. The number of rotatable bonds is 6. The second-order valence-corrected chi connectivity index (χ2v) is 8.44. The molecule has 30 heavy (non-hydrogen) atoms. The Kier molecular flexibility index (Phi) is 6.15. The van der Waals surface area contributed by atoms with Crippen molar-refractivity contribution in [3.05, 3.63) is 70.5 Å². The highest BCUT2D eigenvalue weighted by atomic mass is 16.5. The largest absolute Gasteiger partial charge is 0.496 e. The maximum atomic E-state index is 6.25. The fourth-order valence-corrected chi connectivity index (χ4v) is 3.24. The number of aromatic nitrogens is 2. The molecule has 0 aliphatic carbocycles. The van der Waals surface area contributed by atoms with Crippen LogP contribution in [0.4, 0.5) is 5.95 Å². The molecule has 2 N–H and O–H groups in total. The van der Waals surface area contributed by atoms with Crippen molar-refractivity contribution in [2.45, 2.75) is 46.6 Å². The lowest BCUT2D eigenvalue weighted by Crippen LogP contribution is -2.13. The number of imidazole rings is 1. The van der Waals surface area contributed by atoms with E-state index in [9.17, 15) is 0 Å². The second kappa shape index (κ2) is 8.61. The van der Waals surface area contributed by atoms with E-state index in [1.807, 2.05) is 25.1 Å². The summed E-state index contributed by atoms with van der Waals surface area (Å²) in [5, 5.41) is 4.39. The van der Waals surface area contributed by atoms with Gasteiger partial charge in [0.15, 0.2) is 0 Å². The Morgan fingerprint density at radius 1 is 1.10 bits per heavy atom. The van der Waals surface area contributed by atoms with E-state index in [2.05, 4.69) is 56.0 Å². The van der Waals surface area contributed by atoms with Gasteiger partial charge in [0, 0.05) is 5.56 Å². The number of hydrogen-bond acceptors (Lipinski definition) is 5. The Hall–Kier alpha value is -3.28. The Morgan fingerprint density at radius 3 is 2.50 bits per heavy atom. The zero-order valence-electron chi connectivity index (χ0n) is 18.6. The summed E-state index contributed by atoms with van der Waals surface area (Å²) in [4.78, 5) is 4.15. The van der Waals surface area contributed by atoms with Crippen LogP contribution in [0, 0.1) is 13.8 Å². The molecular formula is C24H30N4O2. The lowest BCUT2D eigenvalue weighted by atomic mass is 9.86. The molecule has 6 nitrogen and oxygen atoms in total. The molecule has 1 aromatic heterocycles. The first kappa shape index (κ1) is 21.4. The standard InChI is InChI=1S/C24H30N4O2/c1-16-7-9-20(24(3,4)5)22(11-16)30-15-19-12-18(8-10-21(19)29-6)13-26-28-14-17(2)27-23(28)25/h7-14H,15H2,1-6H3,(H2,25,27). The van der Waals surface area contributed by atoms with E-state index in [4.69, 9.17) is 15.2 Å². The molecule has 0 aliphatic heterocycles. The number of benzene rings is 2. The number of nitrogens with zero attached hydrogens (tertiary/aromatic N) is 3. The maximum absolute atomic E-state index is 6.25. The van der Waals surface area contributed by atoms with Gasteiger partial charge in [0.25, 0.3) is 0 Å². The summed E-state index contributed by atoms with van der Waals surface area (Å²) in [6.07, 6.45) is 3.53. The van der Waals surface area contributed by atoms with Crippen LogP contribution in [-0.4, -0.2) is 23.0 Å². The van der Waals surface area contributed by atoms with E-state index in [0.29, 0.717) is 12.6 Å². The number of aryl methyl sites for hydroxylation is 2. The van der Waals surface area contributed by atoms with Crippen molar-refractivity contribution in [2.75, 3.05) is 12.8 Å². The fourth-order valence-electron chi connectivity index (χ4n) is 3.24. The topological polar surface area (TPSA) is 74.7 Å². The van der Waals surface area contributed by atoms with Crippen molar-refractivity contribution >= 4 is 12.2 Å². The first-order valence-electron chi connectivity index (χ1n) is 9.94. The molecule has 0 bridgehead atoms. The Balaban J connectivity index is 1.85. The van der Waals surface area contributed by atoms with E-state index in [1.54, 1.807) is 24.2 Å². The molecule has 0 saturated carbocycles. The number of methoxy groups -OCH3 is 1. The van der Waals surface area contributed by atoms with Gasteiger partial charge in [0.05, 0.1) is 25.2 Å². The lowest BCUT2D eigenvalue weighted by molar-refractivity contribution is 0.289. The summed E-state index contributed by atoms with van der Waals surface area (Å²) in [5.74, 6) is 2.02. The monoisotopic (exact) mass is 406 g/mol. The molecule has 0 radical (unpaired) electrons. The Morgan fingerprint density at radius 2 is 1.87 bits per heavy atom. The third kappa shape index (κ3) is 5.00. The van der Waals surface area contributed by atoms with E-state index in [-0.39, 0.29) is 5.41 Å². The van der Waals surface area contributed by atoms with Gasteiger partial charge in [-0.1, -0.05) is 32.9 Å². The number of anilines is 1.